The van der Waals surface area contributed by atoms with Crippen molar-refractivity contribution in [3.63, 3.8) is 0 Å². The number of aliphatic carboxylic acids is 1. The summed E-state index contributed by atoms with van der Waals surface area (Å²) in [4.78, 5) is 33.4. The first kappa shape index (κ1) is 27.9. The fraction of sp³-hybridized carbons (Fsp3) is 0.259. The maximum atomic E-state index is 13.2. The van der Waals surface area contributed by atoms with Crippen LogP contribution < -0.4 is 15.6 Å². The fourth-order valence-corrected chi connectivity index (χ4v) is 4.33. The van der Waals surface area contributed by atoms with Gasteiger partial charge in [-0.25, -0.2) is 9.78 Å². The summed E-state index contributed by atoms with van der Waals surface area (Å²) in [6, 6.07) is 17.2. The highest BCUT2D eigenvalue weighted by Gasteiger charge is 2.38. The third-order valence-electron chi connectivity index (χ3n) is 6.06. The first-order chi connectivity index (χ1) is 18.6. The predicted octanol–water partition coefficient (Wildman–Crippen LogP) is 5.67. The molecule has 204 valence electrons. The minimum Gasteiger partial charge on any atom is -0.475 e. The molecule has 0 radical (unpaired) electrons. The van der Waals surface area contributed by atoms with E-state index in [-0.39, 0.29) is 5.43 Å². The van der Waals surface area contributed by atoms with Crippen LogP contribution in [0.4, 0.5) is 24.9 Å². The van der Waals surface area contributed by atoms with Gasteiger partial charge in [0.2, 0.25) is 5.95 Å². The molecule has 8 nitrogen and oxygen atoms in total. The lowest BCUT2D eigenvalue weighted by molar-refractivity contribution is -0.192. The van der Waals surface area contributed by atoms with E-state index in [0.717, 1.165) is 30.2 Å². The van der Waals surface area contributed by atoms with Crippen LogP contribution in [0.2, 0.25) is 5.02 Å². The number of anilines is 2. The molecule has 2 N–H and O–H groups in total. The Kier molecular flexibility index (Phi) is 8.70. The van der Waals surface area contributed by atoms with Crippen molar-refractivity contribution in [3.05, 3.63) is 87.8 Å². The molecule has 0 saturated carbocycles. The maximum absolute atomic E-state index is 13.2. The van der Waals surface area contributed by atoms with Crippen molar-refractivity contribution in [2.45, 2.75) is 32.0 Å². The average Bonchev–Trinajstić information content (AvgIpc) is 2.93. The molecule has 1 fully saturated rings. The van der Waals surface area contributed by atoms with E-state index in [1.165, 1.54) is 19.3 Å². The quantitative estimate of drug-likeness (QED) is 0.325. The second-order valence-corrected chi connectivity index (χ2v) is 9.23. The molecular formula is C27H25ClF3N5O3. The molecule has 1 saturated heterocycles. The van der Waals surface area contributed by atoms with Crippen LogP contribution in [-0.4, -0.2) is 44.9 Å². The maximum Gasteiger partial charge on any atom is 0.490 e. The molecule has 2 aromatic carbocycles. The van der Waals surface area contributed by atoms with Gasteiger partial charge in [0.15, 0.2) is 5.43 Å². The van der Waals surface area contributed by atoms with Gasteiger partial charge < -0.3 is 19.9 Å². The normalized spacial score (nSPS) is 13.5. The van der Waals surface area contributed by atoms with Gasteiger partial charge in [0.05, 0.1) is 5.52 Å². The second-order valence-electron chi connectivity index (χ2n) is 8.80. The smallest absolute Gasteiger partial charge is 0.475 e. The predicted molar refractivity (Wildman–Crippen MR) is 144 cm³/mol. The number of nitrogens with one attached hydrogen (secondary N) is 1. The van der Waals surface area contributed by atoms with Crippen molar-refractivity contribution in [1.82, 2.24) is 14.5 Å². The zero-order chi connectivity index (χ0) is 28.0. The molecule has 0 unspecified atom stereocenters. The third-order valence-corrected chi connectivity index (χ3v) is 6.29. The largest absolute Gasteiger partial charge is 0.490 e. The van der Waals surface area contributed by atoms with Crippen molar-refractivity contribution in [1.29, 1.82) is 0 Å². The van der Waals surface area contributed by atoms with Crippen LogP contribution >= 0.6 is 11.6 Å². The highest BCUT2D eigenvalue weighted by Crippen LogP contribution is 2.22. The lowest BCUT2D eigenvalue weighted by atomic mass is 10.1. The van der Waals surface area contributed by atoms with Crippen LogP contribution in [0.1, 0.15) is 24.8 Å². The van der Waals surface area contributed by atoms with Gasteiger partial charge in [0, 0.05) is 53.7 Å². The number of rotatable bonds is 5. The Hall–Kier alpha value is -4.12. The van der Waals surface area contributed by atoms with Crippen molar-refractivity contribution in [3.8, 4) is 5.69 Å². The molecule has 1 aliphatic heterocycles. The van der Waals surface area contributed by atoms with Crippen LogP contribution in [0.15, 0.2) is 71.8 Å². The first-order valence-electron chi connectivity index (χ1n) is 12.1. The summed E-state index contributed by atoms with van der Waals surface area (Å²) in [5.74, 6) is -1.31. The standard InChI is InChI=1S/C25H24ClN5O.C2HF3O2/c26-19-9-10-21-22(15-19)31(20-7-3-1-4-8-20)17-18(24(21)32)16-28-23-11-12-27-25(29-23)30-13-5-2-6-14-30;3-2(4,5)1(6)7/h1,3-4,7-12,15,17H,2,5-6,13-14,16H2,(H,27,28,29);(H,6,7). The topological polar surface area (TPSA) is 100 Å². The highest BCUT2D eigenvalue weighted by molar-refractivity contribution is 6.31. The molecule has 12 heteroatoms. The van der Waals surface area contributed by atoms with E-state index in [0.29, 0.717) is 28.3 Å². The number of pyridine rings is 1. The third kappa shape index (κ3) is 7.05. The Morgan fingerprint density at radius 2 is 1.74 bits per heavy atom. The molecule has 1 aliphatic rings. The van der Waals surface area contributed by atoms with Crippen molar-refractivity contribution < 1.29 is 23.1 Å². The van der Waals surface area contributed by atoms with Crippen LogP contribution in [-0.2, 0) is 11.3 Å². The number of halogens is 4. The zero-order valence-corrected chi connectivity index (χ0v) is 21.4. The van der Waals surface area contributed by atoms with Crippen LogP contribution in [0.3, 0.4) is 0 Å². The van der Waals surface area contributed by atoms with Gasteiger partial charge >= 0.3 is 12.1 Å². The Labute approximate surface area is 226 Å². The van der Waals surface area contributed by atoms with Gasteiger partial charge in [-0.2, -0.15) is 18.2 Å². The molecule has 5 rings (SSSR count). The molecule has 2 aromatic heterocycles. The number of para-hydroxylation sites is 1. The van der Waals surface area contributed by atoms with Crippen molar-refractivity contribution >= 4 is 40.2 Å². The minimum absolute atomic E-state index is 0.0124. The molecule has 39 heavy (non-hydrogen) atoms. The number of alkyl halides is 3. The van der Waals surface area contributed by atoms with E-state index in [1.54, 1.807) is 18.3 Å². The summed E-state index contributed by atoms with van der Waals surface area (Å²) < 4.78 is 33.7. The van der Waals surface area contributed by atoms with Crippen LogP contribution in [0, 0.1) is 0 Å². The Morgan fingerprint density at radius 3 is 2.41 bits per heavy atom. The van der Waals surface area contributed by atoms with E-state index in [4.69, 9.17) is 21.5 Å². The summed E-state index contributed by atoms with van der Waals surface area (Å²) >= 11 is 6.24. The fourth-order valence-electron chi connectivity index (χ4n) is 4.16. The van der Waals surface area contributed by atoms with Gasteiger partial charge in [0.1, 0.15) is 5.82 Å². The summed E-state index contributed by atoms with van der Waals surface area (Å²) in [6.07, 6.45) is 2.16. The molecule has 0 amide bonds. The number of nitrogens with zero attached hydrogens (tertiary/aromatic N) is 4. The summed E-state index contributed by atoms with van der Waals surface area (Å²) in [5.41, 5.74) is 2.39. The van der Waals surface area contributed by atoms with E-state index in [1.807, 2.05) is 53.2 Å². The molecular weight excluding hydrogens is 535 g/mol. The molecule has 0 bridgehead atoms. The number of fused-ring (bicyclic) bond motifs is 1. The van der Waals surface area contributed by atoms with Gasteiger partial charge in [-0.1, -0.05) is 29.8 Å². The Balaban J connectivity index is 0.000000448. The van der Waals surface area contributed by atoms with E-state index < -0.39 is 12.1 Å². The lowest BCUT2D eigenvalue weighted by Crippen LogP contribution is -2.31. The SMILES string of the molecule is O=C(O)C(F)(F)F.O=c1c(CNc2ccnc(N3CCCCC3)n2)cn(-c2ccccc2)c2cc(Cl)ccc12. The van der Waals surface area contributed by atoms with E-state index in [9.17, 15) is 18.0 Å². The minimum atomic E-state index is -5.08. The number of piperidine rings is 1. The highest BCUT2D eigenvalue weighted by atomic mass is 35.5. The van der Waals surface area contributed by atoms with Crippen molar-refractivity contribution in [2.24, 2.45) is 0 Å². The molecule has 0 atom stereocenters. The number of hydrogen-bond donors (Lipinski definition) is 2. The molecule has 4 aromatic rings. The summed E-state index contributed by atoms with van der Waals surface area (Å²) in [6.45, 7) is 2.33. The van der Waals surface area contributed by atoms with E-state index in [2.05, 4.69) is 20.2 Å². The van der Waals surface area contributed by atoms with Gasteiger partial charge in [-0.15, -0.1) is 0 Å². The molecule has 3 heterocycles. The zero-order valence-electron chi connectivity index (χ0n) is 20.7. The van der Waals surface area contributed by atoms with Gasteiger partial charge in [-0.05, 0) is 55.7 Å². The summed E-state index contributed by atoms with van der Waals surface area (Å²) in [7, 11) is 0. The van der Waals surface area contributed by atoms with Gasteiger partial charge in [0.25, 0.3) is 0 Å². The summed E-state index contributed by atoms with van der Waals surface area (Å²) in [5, 5.41) is 11.7. The number of benzene rings is 2. The van der Waals surface area contributed by atoms with Gasteiger partial charge in [-0.3, -0.25) is 4.79 Å². The number of hydrogen-bond acceptors (Lipinski definition) is 6. The number of carboxylic acid groups (broad SMARTS) is 1. The average molecular weight is 560 g/mol. The monoisotopic (exact) mass is 559 g/mol. The Morgan fingerprint density at radius 1 is 1.05 bits per heavy atom. The van der Waals surface area contributed by atoms with Crippen LogP contribution in [0.5, 0.6) is 0 Å². The number of carboxylic acids is 1. The molecule has 0 spiro atoms. The lowest BCUT2D eigenvalue weighted by Gasteiger charge is -2.26. The number of aromatic nitrogens is 3. The molecule has 0 aliphatic carbocycles. The van der Waals surface area contributed by atoms with E-state index >= 15 is 0 Å². The van der Waals surface area contributed by atoms with Crippen molar-refractivity contribution in [2.75, 3.05) is 23.3 Å². The second kappa shape index (κ2) is 12.2. The van der Waals surface area contributed by atoms with Crippen LogP contribution in [0.25, 0.3) is 16.6 Å². The Bertz CT molecular complexity index is 1510. The first-order valence-corrected chi connectivity index (χ1v) is 12.5. The number of carbonyl (C=O) groups is 1.